The lowest BCUT2D eigenvalue weighted by Gasteiger charge is -2.25. The number of nitrogens with zero attached hydrogens (tertiary/aromatic N) is 1. The first-order valence-electron chi connectivity index (χ1n) is 8.05. The minimum absolute atomic E-state index is 0.137. The van der Waals surface area contributed by atoms with Crippen LogP contribution in [0.2, 0.25) is 0 Å². The average Bonchev–Trinajstić information content (AvgIpc) is 2.59. The zero-order valence-corrected chi connectivity index (χ0v) is 16.7. The van der Waals surface area contributed by atoms with Crippen LogP contribution in [0.15, 0.2) is 48.5 Å². The average molecular weight is 465 g/mol. The van der Waals surface area contributed by atoms with Crippen molar-refractivity contribution < 1.29 is 14.4 Å². The number of hydrogen-bond acceptors (Lipinski definition) is 3. The fourth-order valence-electron chi connectivity index (χ4n) is 2.36. The number of nitrogens with two attached hydrogens (primary N) is 1. The highest BCUT2D eigenvalue weighted by molar-refractivity contribution is 14.1. The molecule has 7 heteroatoms. The van der Waals surface area contributed by atoms with Crippen LogP contribution in [0.25, 0.3) is 0 Å². The van der Waals surface area contributed by atoms with Crippen molar-refractivity contribution in [1.82, 2.24) is 4.90 Å². The highest BCUT2D eigenvalue weighted by Crippen LogP contribution is 2.16. The van der Waals surface area contributed by atoms with Crippen LogP contribution in [0.3, 0.4) is 0 Å². The Bertz CT molecular complexity index is 819. The van der Waals surface area contributed by atoms with Gasteiger partial charge in [-0.25, -0.2) is 0 Å². The van der Waals surface area contributed by atoms with E-state index in [4.69, 9.17) is 5.73 Å². The van der Waals surface area contributed by atoms with Crippen LogP contribution in [-0.2, 0) is 4.79 Å². The van der Waals surface area contributed by atoms with E-state index >= 15 is 0 Å². The summed E-state index contributed by atoms with van der Waals surface area (Å²) in [6, 6.07) is 13.7. The lowest BCUT2D eigenvalue weighted by molar-refractivity contribution is -0.119. The minimum atomic E-state index is -0.562. The molecule has 2 aromatic carbocycles. The van der Waals surface area contributed by atoms with Gasteiger partial charge in [-0.05, 0) is 72.8 Å². The maximum Gasteiger partial charge on any atom is 0.256 e. The molecule has 0 aliphatic carbocycles. The van der Waals surface area contributed by atoms with Gasteiger partial charge in [-0.1, -0.05) is 12.1 Å². The molecule has 0 saturated carbocycles. The molecule has 0 radical (unpaired) electrons. The SMILES string of the molecule is CC(C)N(CC(N)=O)C(=O)c1ccc(NC(=O)c2ccccc2I)cc1. The molecule has 3 amide bonds. The van der Waals surface area contributed by atoms with Gasteiger partial charge in [-0.3, -0.25) is 14.4 Å². The summed E-state index contributed by atoms with van der Waals surface area (Å²) in [5.41, 5.74) is 6.80. The van der Waals surface area contributed by atoms with Crippen molar-refractivity contribution in [2.45, 2.75) is 19.9 Å². The Kier molecular flexibility index (Phi) is 6.73. The molecule has 0 atom stereocenters. The Morgan fingerprint density at radius 1 is 1.08 bits per heavy atom. The third-order valence-corrected chi connectivity index (χ3v) is 4.66. The molecule has 0 aliphatic rings. The molecule has 6 nitrogen and oxygen atoms in total. The summed E-state index contributed by atoms with van der Waals surface area (Å²) in [6.45, 7) is 3.50. The number of benzene rings is 2. The summed E-state index contributed by atoms with van der Waals surface area (Å²) in [7, 11) is 0. The highest BCUT2D eigenvalue weighted by Gasteiger charge is 2.20. The first-order valence-corrected chi connectivity index (χ1v) is 9.12. The first kappa shape index (κ1) is 19.9. The summed E-state index contributed by atoms with van der Waals surface area (Å²) in [5.74, 6) is -1.06. The van der Waals surface area contributed by atoms with Gasteiger partial charge in [0.25, 0.3) is 11.8 Å². The minimum Gasteiger partial charge on any atom is -0.368 e. The Hall–Kier alpha value is -2.42. The van der Waals surface area contributed by atoms with Gasteiger partial charge < -0.3 is 16.0 Å². The fraction of sp³-hybridized carbons (Fsp3) is 0.211. The summed E-state index contributed by atoms with van der Waals surface area (Å²) >= 11 is 2.11. The van der Waals surface area contributed by atoms with Gasteiger partial charge in [0.2, 0.25) is 5.91 Å². The first-order chi connectivity index (χ1) is 12.3. The van der Waals surface area contributed by atoms with Gasteiger partial charge in [-0.15, -0.1) is 0 Å². The largest absolute Gasteiger partial charge is 0.368 e. The van der Waals surface area contributed by atoms with Crippen LogP contribution >= 0.6 is 22.6 Å². The van der Waals surface area contributed by atoms with Crippen molar-refractivity contribution in [3.8, 4) is 0 Å². The summed E-state index contributed by atoms with van der Waals surface area (Å²) in [6.07, 6.45) is 0. The molecule has 0 heterocycles. The zero-order valence-electron chi connectivity index (χ0n) is 14.5. The normalized spacial score (nSPS) is 10.5. The number of rotatable bonds is 6. The predicted molar refractivity (Wildman–Crippen MR) is 109 cm³/mol. The number of hydrogen-bond donors (Lipinski definition) is 2. The number of anilines is 1. The van der Waals surface area contributed by atoms with E-state index in [1.54, 1.807) is 36.4 Å². The molecular formula is C19H20IN3O3. The van der Waals surface area contributed by atoms with E-state index in [1.807, 2.05) is 26.0 Å². The van der Waals surface area contributed by atoms with Gasteiger partial charge in [0.1, 0.15) is 0 Å². The number of carbonyl (C=O) groups is 3. The van der Waals surface area contributed by atoms with Crippen molar-refractivity contribution in [3.63, 3.8) is 0 Å². The summed E-state index contributed by atoms with van der Waals surface area (Å²) < 4.78 is 0.855. The van der Waals surface area contributed by atoms with E-state index in [-0.39, 0.29) is 24.4 Å². The summed E-state index contributed by atoms with van der Waals surface area (Å²) in [4.78, 5) is 37.5. The molecule has 0 saturated heterocycles. The Morgan fingerprint density at radius 2 is 1.69 bits per heavy atom. The monoisotopic (exact) mass is 465 g/mol. The maximum atomic E-state index is 12.6. The van der Waals surface area contributed by atoms with E-state index in [0.29, 0.717) is 16.8 Å². The third kappa shape index (κ3) is 5.04. The Morgan fingerprint density at radius 3 is 2.23 bits per heavy atom. The zero-order chi connectivity index (χ0) is 19.3. The van der Waals surface area contributed by atoms with Crippen molar-refractivity contribution in [3.05, 3.63) is 63.2 Å². The van der Waals surface area contributed by atoms with Gasteiger partial charge in [-0.2, -0.15) is 0 Å². The molecule has 136 valence electrons. The number of halogens is 1. The van der Waals surface area contributed by atoms with Crippen LogP contribution in [0.4, 0.5) is 5.69 Å². The van der Waals surface area contributed by atoms with Crippen molar-refractivity contribution in [2.24, 2.45) is 5.73 Å². The molecule has 0 fully saturated rings. The number of nitrogens with one attached hydrogen (secondary N) is 1. The molecule has 2 rings (SSSR count). The molecule has 0 aromatic heterocycles. The van der Waals surface area contributed by atoms with Gasteiger partial charge in [0.15, 0.2) is 0 Å². The molecule has 26 heavy (non-hydrogen) atoms. The van der Waals surface area contributed by atoms with Crippen molar-refractivity contribution in [1.29, 1.82) is 0 Å². The lowest BCUT2D eigenvalue weighted by atomic mass is 10.1. The van der Waals surface area contributed by atoms with E-state index in [0.717, 1.165) is 3.57 Å². The molecule has 0 unspecified atom stereocenters. The smallest absolute Gasteiger partial charge is 0.256 e. The Labute approximate surface area is 165 Å². The number of carbonyl (C=O) groups excluding carboxylic acids is 3. The van der Waals surface area contributed by atoms with Crippen LogP contribution in [0.5, 0.6) is 0 Å². The second kappa shape index (κ2) is 8.79. The van der Waals surface area contributed by atoms with Crippen LogP contribution in [-0.4, -0.2) is 35.2 Å². The molecular weight excluding hydrogens is 445 g/mol. The predicted octanol–water partition coefficient (Wildman–Crippen LogP) is 2.88. The number of amides is 3. The van der Waals surface area contributed by atoms with Gasteiger partial charge in [0.05, 0.1) is 12.1 Å². The maximum absolute atomic E-state index is 12.6. The second-order valence-corrected chi connectivity index (χ2v) is 7.17. The Balaban J connectivity index is 2.12. The highest BCUT2D eigenvalue weighted by atomic mass is 127. The molecule has 0 aliphatic heterocycles. The summed E-state index contributed by atoms with van der Waals surface area (Å²) in [5, 5.41) is 2.81. The van der Waals surface area contributed by atoms with E-state index in [2.05, 4.69) is 27.9 Å². The van der Waals surface area contributed by atoms with Crippen molar-refractivity contribution in [2.75, 3.05) is 11.9 Å². The molecule has 3 N–H and O–H groups in total. The number of primary amides is 1. The van der Waals surface area contributed by atoms with Gasteiger partial charge >= 0.3 is 0 Å². The van der Waals surface area contributed by atoms with Crippen LogP contribution in [0, 0.1) is 3.57 Å². The lowest BCUT2D eigenvalue weighted by Crippen LogP contribution is -2.42. The third-order valence-electron chi connectivity index (χ3n) is 3.72. The van der Waals surface area contributed by atoms with Crippen LogP contribution in [0.1, 0.15) is 34.6 Å². The fourth-order valence-corrected chi connectivity index (χ4v) is 2.99. The second-order valence-electron chi connectivity index (χ2n) is 6.00. The quantitative estimate of drug-likeness (QED) is 0.643. The molecule has 0 spiro atoms. The van der Waals surface area contributed by atoms with Crippen molar-refractivity contribution >= 4 is 46.0 Å². The van der Waals surface area contributed by atoms with E-state index in [9.17, 15) is 14.4 Å². The standard InChI is InChI=1S/C19H20IN3O3/c1-12(2)23(11-17(21)24)19(26)13-7-9-14(10-8-13)22-18(25)15-5-3-4-6-16(15)20/h3-10,12H,11H2,1-2H3,(H2,21,24)(H,22,25). The van der Waals surface area contributed by atoms with E-state index < -0.39 is 5.91 Å². The van der Waals surface area contributed by atoms with Gasteiger partial charge in [0, 0.05) is 20.9 Å². The van der Waals surface area contributed by atoms with Crippen LogP contribution < -0.4 is 11.1 Å². The van der Waals surface area contributed by atoms with E-state index in [1.165, 1.54) is 4.90 Å². The molecule has 0 bridgehead atoms. The topological polar surface area (TPSA) is 92.5 Å². The molecule has 2 aromatic rings.